The van der Waals surface area contributed by atoms with E-state index in [1.54, 1.807) is 0 Å². The summed E-state index contributed by atoms with van der Waals surface area (Å²) in [6.07, 6.45) is 2.78. The Kier molecular flexibility index (Phi) is 5.18. The SMILES string of the molecule is CCCc1nsc(N(C)CCCC(=O)O)n1. The van der Waals surface area contributed by atoms with Gasteiger partial charge in [0, 0.05) is 38.0 Å². The molecule has 0 aliphatic carbocycles. The molecular formula is C10H17N3O2S. The maximum absolute atomic E-state index is 10.4. The first kappa shape index (κ1) is 12.9. The minimum atomic E-state index is -0.752. The zero-order valence-corrected chi connectivity index (χ0v) is 10.5. The van der Waals surface area contributed by atoms with Crippen LogP contribution in [0.4, 0.5) is 5.13 Å². The number of aromatic nitrogens is 2. The normalized spacial score (nSPS) is 10.4. The third kappa shape index (κ3) is 4.14. The number of aryl methyl sites for hydroxylation is 1. The Morgan fingerprint density at radius 1 is 1.56 bits per heavy atom. The van der Waals surface area contributed by atoms with Gasteiger partial charge < -0.3 is 10.0 Å². The van der Waals surface area contributed by atoms with E-state index in [0.29, 0.717) is 13.0 Å². The number of anilines is 1. The number of hydrogen-bond acceptors (Lipinski definition) is 5. The molecule has 0 spiro atoms. The predicted molar refractivity (Wildman–Crippen MR) is 64.0 cm³/mol. The van der Waals surface area contributed by atoms with Crippen LogP contribution in [0.3, 0.4) is 0 Å². The van der Waals surface area contributed by atoms with Crippen LogP contribution in [0.1, 0.15) is 32.0 Å². The van der Waals surface area contributed by atoms with Gasteiger partial charge in [0.1, 0.15) is 5.82 Å². The molecule has 0 saturated heterocycles. The van der Waals surface area contributed by atoms with Gasteiger partial charge in [-0.15, -0.1) is 0 Å². The smallest absolute Gasteiger partial charge is 0.303 e. The van der Waals surface area contributed by atoms with Gasteiger partial charge in [0.15, 0.2) is 0 Å². The highest BCUT2D eigenvalue weighted by atomic mass is 32.1. The van der Waals surface area contributed by atoms with Crippen LogP contribution < -0.4 is 4.90 Å². The van der Waals surface area contributed by atoms with E-state index in [1.165, 1.54) is 11.5 Å². The molecule has 0 radical (unpaired) electrons. The molecule has 0 aliphatic heterocycles. The Morgan fingerprint density at radius 2 is 2.31 bits per heavy atom. The average molecular weight is 243 g/mol. The Bertz CT molecular complexity index is 341. The number of carboxylic acids is 1. The summed E-state index contributed by atoms with van der Waals surface area (Å²) in [6, 6.07) is 0. The van der Waals surface area contributed by atoms with Crippen molar-refractivity contribution in [3.63, 3.8) is 0 Å². The summed E-state index contributed by atoms with van der Waals surface area (Å²) in [5.41, 5.74) is 0. The number of nitrogens with zero attached hydrogens (tertiary/aromatic N) is 3. The first-order valence-electron chi connectivity index (χ1n) is 5.39. The zero-order valence-electron chi connectivity index (χ0n) is 9.64. The lowest BCUT2D eigenvalue weighted by atomic mass is 10.3. The number of rotatable bonds is 7. The fourth-order valence-corrected chi connectivity index (χ4v) is 1.98. The van der Waals surface area contributed by atoms with Crippen molar-refractivity contribution in [3.8, 4) is 0 Å². The van der Waals surface area contributed by atoms with Crippen LogP contribution in [0.5, 0.6) is 0 Å². The van der Waals surface area contributed by atoms with E-state index in [9.17, 15) is 4.79 Å². The van der Waals surface area contributed by atoms with Gasteiger partial charge in [-0.25, -0.2) is 4.98 Å². The number of hydrogen-bond donors (Lipinski definition) is 1. The molecule has 0 saturated carbocycles. The second-order valence-corrected chi connectivity index (χ2v) is 4.39. The van der Waals surface area contributed by atoms with Crippen molar-refractivity contribution in [1.82, 2.24) is 9.36 Å². The molecule has 1 heterocycles. The molecule has 1 aromatic rings. The van der Waals surface area contributed by atoms with Gasteiger partial charge in [0.2, 0.25) is 5.13 Å². The van der Waals surface area contributed by atoms with Crippen LogP contribution in [0, 0.1) is 0 Å². The van der Waals surface area contributed by atoms with E-state index in [1.807, 2.05) is 11.9 Å². The molecule has 90 valence electrons. The van der Waals surface area contributed by atoms with E-state index >= 15 is 0 Å². The largest absolute Gasteiger partial charge is 0.481 e. The summed E-state index contributed by atoms with van der Waals surface area (Å²) in [6.45, 7) is 2.80. The van der Waals surface area contributed by atoms with Gasteiger partial charge >= 0.3 is 5.97 Å². The number of carboxylic acid groups (broad SMARTS) is 1. The highest BCUT2D eigenvalue weighted by Gasteiger charge is 2.08. The third-order valence-electron chi connectivity index (χ3n) is 2.14. The molecule has 5 nitrogen and oxygen atoms in total. The molecule has 1 aromatic heterocycles. The molecule has 0 fully saturated rings. The fourth-order valence-electron chi connectivity index (χ4n) is 1.29. The molecule has 0 aromatic carbocycles. The average Bonchev–Trinajstić information content (AvgIpc) is 2.66. The van der Waals surface area contributed by atoms with Crippen LogP contribution in [0.2, 0.25) is 0 Å². The summed E-state index contributed by atoms with van der Waals surface area (Å²) in [4.78, 5) is 16.7. The van der Waals surface area contributed by atoms with Gasteiger partial charge in [-0.2, -0.15) is 4.37 Å². The highest BCUT2D eigenvalue weighted by molar-refractivity contribution is 7.09. The molecule has 0 amide bonds. The van der Waals surface area contributed by atoms with E-state index in [2.05, 4.69) is 16.3 Å². The van der Waals surface area contributed by atoms with E-state index < -0.39 is 5.97 Å². The van der Waals surface area contributed by atoms with Gasteiger partial charge in [0.05, 0.1) is 0 Å². The monoisotopic (exact) mass is 243 g/mol. The Hall–Kier alpha value is -1.17. The van der Waals surface area contributed by atoms with Crippen molar-refractivity contribution in [2.24, 2.45) is 0 Å². The second kappa shape index (κ2) is 6.42. The van der Waals surface area contributed by atoms with E-state index in [-0.39, 0.29) is 6.42 Å². The van der Waals surface area contributed by atoms with E-state index in [0.717, 1.165) is 23.8 Å². The van der Waals surface area contributed by atoms with Crippen LogP contribution in [0.25, 0.3) is 0 Å². The third-order valence-corrected chi connectivity index (χ3v) is 3.01. The molecule has 0 atom stereocenters. The highest BCUT2D eigenvalue weighted by Crippen LogP contribution is 2.16. The Morgan fingerprint density at radius 3 is 2.94 bits per heavy atom. The maximum Gasteiger partial charge on any atom is 0.303 e. The summed E-state index contributed by atoms with van der Waals surface area (Å²) in [5.74, 6) is 0.130. The number of carbonyl (C=O) groups is 1. The second-order valence-electron chi connectivity index (χ2n) is 3.66. The van der Waals surface area contributed by atoms with Gasteiger partial charge in [-0.05, 0) is 12.8 Å². The first-order chi connectivity index (χ1) is 7.63. The molecule has 16 heavy (non-hydrogen) atoms. The number of aliphatic carboxylic acids is 1. The standard InChI is InChI=1S/C10H17N3O2S/c1-3-5-8-11-10(16-12-8)13(2)7-4-6-9(14)15/h3-7H2,1-2H3,(H,14,15). The summed E-state index contributed by atoms with van der Waals surface area (Å²) in [7, 11) is 1.91. The summed E-state index contributed by atoms with van der Waals surface area (Å²) >= 11 is 1.37. The lowest BCUT2D eigenvalue weighted by Gasteiger charge is -2.13. The van der Waals surface area contributed by atoms with Crippen LogP contribution in [0.15, 0.2) is 0 Å². The quantitative estimate of drug-likeness (QED) is 0.791. The predicted octanol–water partition coefficient (Wildman–Crippen LogP) is 1.79. The minimum absolute atomic E-state index is 0.199. The van der Waals surface area contributed by atoms with Gasteiger partial charge in [-0.3, -0.25) is 4.79 Å². The van der Waals surface area contributed by atoms with E-state index in [4.69, 9.17) is 5.11 Å². The zero-order chi connectivity index (χ0) is 12.0. The Balaban J connectivity index is 2.39. The minimum Gasteiger partial charge on any atom is -0.481 e. The van der Waals surface area contributed by atoms with Crippen molar-refractivity contribution < 1.29 is 9.90 Å². The Labute approximate surface area is 99.3 Å². The molecular weight excluding hydrogens is 226 g/mol. The first-order valence-corrected chi connectivity index (χ1v) is 6.16. The molecule has 0 aliphatic rings. The summed E-state index contributed by atoms with van der Waals surface area (Å²) in [5, 5.41) is 9.40. The van der Waals surface area contributed by atoms with Crippen LogP contribution in [-0.2, 0) is 11.2 Å². The van der Waals surface area contributed by atoms with Crippen molar-refractivity contribution in [2.45, 2.75) is 32.6 Å². The lowest BCUT2D eigenvalue weighted by molar-refractivity contribution is -0.137. The molecule has 0 bridgehead atoms. The molecule has 6 heteroatoms. The summed E-state index contributed by atoms with van der Waals surface area (Å²) < 4.78 is 4.24. The maximum atomic E-state index is 10.4. The molecule has 1 rings (SSSR count). The molecule has 1 N–H and O–H groups in total. The lowest BCUT2D eigenvalue weighted by Crippen LogP contribution is -2.19. The van der Waals surface area contributed by atoms with Crippen molar-refractivity contribution in [1.29, 1.82) is 0 Å². The molecule has 0 unspecified atom stereocenters. The van der Waals surface area contributed by atoms with Crippen molar-refractivity contribution >= 4 is 22.6 Å². The van der Waals surface area contributed by atoms with Crippen LogP contribution in [-0.4, -0.2) is 34.0 Å². The van der Waals surface area contributed by atoms with Crippen molar-refractivity contribution in [3.05, 3.63) is 5.82 Å². The fraction of sp³-hybridized carbons (Fsp3) is 0.700. The topological polar surface area (TPSA) is 66.3 Å². The van der Waals surface area contributed by atoms with Gasteiger partial charge in [0.25, 0.3) is 0 Å². The van der Waals surface area contributed by atoms with Gasteiger partial charge in [-0.1, -0.05) is 6.92 Å². The van der Waals surface area contributed by atoms with Crippen LogP contribution >= 0.6 is 11.5 Å². The van der Waals surface area contributed by atoms with Crippen molar-refractivity contribution in [2.75, 3.05) is 18.5 Å².